The van der Waals surface area contributed by atoms with Gasteiger partial charge in [0.2, 0.25) is 5.91 Å². The molecule has 2 aromatic carbocycles. The van der Waals surface area contributed by atoms with Gasteiger partial charge in [0.05, 0.1) is 18.3 Å². The van der Waals surface area contributed by atoms with Crippen molar-refractivity contribution in [3.8, 4) is 5.75 Å². The lowest BCUT2D eigenvalue weighted by Crippen LogP contribution is -2.13. The van der Waals surface area contributed by atoms with Crippen LogP contribution >= 0.6 is 0 Å². The third-order valence-corrected chi connectivity index (χ3v) is 3.63. The van der Waals surface area contributed by atoms with Gasteiger partial charge in [-0.05, 0) is 36.4 Å². The molecule has 0 unspecified atom stereocenters. The largest absolute Gasteiger partial charge is 0.497 e. The van der Waals surface area contributed by atoms with E-state index in [0.717, 1.165) is 5.39 Å². The molecule has 0 fully saturated rings. The molecule has 1 aromatic heterocycles. The Morgan fingerprint density at radius 1 is 1.04 bits per heavy atom. The second kappa shape index (κ2) is 7.00. The molecule has 0 aliphatic heterocycles. The molecule has 0 radical (unpaired) electrons. The summed E-state index contributed by atoms with van der Waals surface area (Å²) in [5.41, 5.74) is 2.37. The number of rotatable bonds is 4. The highest BCUT2D eigenvalue weighted by Crippen LogP contribution is 2.28. The maximum absolute atomic E-state index is 12.5. The fourth-order valence-electron chi connectivity index (χ4n) is 2.48. The summed E-state index contributed by atoms with van der Waals surface area (Å²) < 4.78 is 5.28. The zero-order valence-corrected chi connectivity index (χ0v) is 13.9. The van der Waals surface area contributed by atoms with Crippen LogP contribution in [0.2, 0.25) is 0 Å². The van der Waals surface area contributed by atoms with E-state index in [4.69, 9.17) is 4.74 Å². The molecule has 0 atom stereocenters. The van der Waals surface area contributed by atoms with Crippen LogP contribution < -0.4 is 15.4 Å². The van der Waals surface area contributed by atoms with Gasteiger partial charge in [-0.2, -0.15) is 0 Å². The van der Waals surface area contributed by atoms with Gasteiger partial charge in [-0.3, -0.25) is 14.6 Å². The van der Waals surface area contributed by atoms with Crippen LogP contribution in [0.5, 0.6) is 5.75 Å². The van der Waals surface area contributed by atoms with Gasteiger partial charge in [0, 0.05) is 35.8 Å². The van der Waals surface area contributed by atoms with Crippen molar-refractivity contribution in [1.82, 2.24) is 4.98 Å². The minimum absolute atomic E-state index is 0.161. The molecule has 2 N–H and O–H groups in total. The van der Waals surface area contributed by atoms with Crippen molar-refractivity contribution in [3.05, 3.63) is 60.3 Å². The first-order chi connectivity index (χ1) is 12.1. The zero-order valence-electron chi connectivity index (χ0n) is 13.9. The Kier molecular flexibility index (Phi) is 4.61. The molecular formula is C19H17N3O3. The second-order valence-electron chi connectivity index (χ2n) is 5.46. The molecule has 0 spiro atoms. The van der Waals surface area contributed by atoms with Crippen molar-refractivity contribution < 1.29 is 14.3 Å². The summed E-state index contributed by atoms with van der Waals surface area (Å²) in [5.74, 6) is 0.206. The summed E-state index contributed by atoms with van der Waals surface area (Å²) in [6.07, 6.45) is 1.67. The third kappa shape index (κ3) is 3.74. The number of fused-ring (bicyclic) bond motifs is 1. The quantitative estimate of drug-likeness (QED) is 0.765. The highest BCUT2D eigenvalue weighted by molar-refractivity contribution is 6.08. The lowest BCUT2D eigenvalue weighted by molar-refractivity contribution is -0.114. The predicted molar refractivity (Wildman–Crippen MR) is 97.0 cm³/mol. The molecule has 3 aromatic rings. The molecular weight excluding hydrogens is 318 g/mol. The van der Waals surface area contributed by atoms with Crippen molar-refractivity contribution in [2.45, 2.75) is 6.92 Å². The molecule has 2 amide bonds. The number of carbonyl (C=O) groups is 2. The molecule has 25 heavy (non-hydrogen) atoms. The summed E-state index contributed by atoms with van der Waals surface area (Å²) in [4.78, 5) is 27.9. The van der Waals surface area contributed by atoms with E-state index in [2.05, 4.69) is 15.6 Å². The lowest BCUT2D eigenvalue weighted by atomic mass is 10.1. The first-order valence-electron chi connectivity index (χ1n) is 7.68. The SMILES string of the molecule is COc1cc(NC(=O)c2ccc(NC(C)=O)cc2)c2ncccc2c1. The molecule has 0 aliphatic carbocycles. The molecule has 3 rings (SSSR count). The fraction of sp³-hybridized carbons (Fsp3) is 0.105. The van der Waals surface area contributed by atoms with E-state index in [1.54, 1.807) is 43.6 Å². The van der Waals surface area contributed by atoms with Crippen molar-refractivity contribution in [3.63, 3.8) is 0 Å². The Hall–Kier alpha value is -3.41. The second-order valence-corrected chi connectivity index (χ2v) is 5.46. The number of nitrogens with zero attached hydrogens (tertiary/aromatic N) is 1. The van der Waals surface area contributed by atoms with Crippen LogP contribution in [0.4, 0.5) is 11.4 Å². The van der Waals surface area contributed by atoms with Gasteiger partial charge in [-0.1, -0.05) is 6.07 Å². The molecule has 1 heterocycles. The maximum atomic E-state index is 12.5. The number of benzene rings is 2. The van der Waals surface area contributed by atoms with Gasteiger partial charge in [0.1, 0.15) is 5.75 Å². The van der Waals surface area contributed by atoms with Crippen LogP contribution in [-0.4, -0.2) is 23.9 Å². The monoisotopic (exact) mass is 335 g/mol. The minimum atomic E-state index is -0.269. The van der Waals surface area contributed by atoms with E-state index in [9.17, 15) is 9.59 Å². The van der Waals surface area contributed by atoms with Gasteiger partial charge < -0.3 is 15.4 Å². The van der Waals surface area contributed by atoms with Gasteiger partial charge >= 0.3 is 0 Å². The van der Waals surface area contributed by atoms with Gasteiger partial charge in [0.15, 0.2) is 0 Å². The number of nitrogens with one attached hydrogen (secondary N) is 2. The molecule has 6 heteroatoms. The average Bonchev–Trinajstić information content (AvgIpc) is 2.61. The highest BCUT2D eigenvalue weighted by Gasteiger charge is 2.11. The van der Waals surface area contributed by atoms with E-state index in [1.807, 2.05) is 18.2 Å². The normalized spacial score (nSPS) is 10.3. The van der Waals surface area contributed by atoms with Crippen LogP contribution in [0, 0.1) is 0 Å². The number of anilines is 2. The van der Waals surface area contributed by atoms with E-state index in [0.29, 0.717) is 28.2 Å². The van der Waals surface area contributed by atoms with Gasteiger partial charge in [-0.15, -0.1) is 0 Å². The summed E-state index contributed by atoms with van der Waals surface area (Å²) in [6.45, 7) is 1.43. The number of carbonyl (C=O) groups excluding carboxylic acids is 2. The Bertz CT molecular complexity index is 936. The number of hydrogen-bond acceptors (Lipinski definition) is 4. The highest BCUT2D eigenvalue weighted by atomic mass is 16.5. The molecule has 6 nitrogen and oxygen atoms in total. The van der Waals surface area contributed by atoms with Crippen LogP contribution in [0.3, 0.4) is 0 Å². The summed E-state index contributed by atoms with van der Waals surface area (Å²) in [7, 11) is 1.57. The Morgan fingerprint density at radius 3 is 2.48 bits per heavy atom. The van der Waals surface area contributed by atoms with E-state index >= 15 is 0 Å². The molecule has 0 saturated heterocycles. The van der Waals surface area contributed by atoms with E-state index in [1.165, 1.54) is 6.92 Å². The van der Waals surface area contributed by atoms with Crippen LogP contribution in [0.15, 0.2) is 54.7 Å². The summed E-state index contributed by atoms with van der Waals surface area (Å²) in [5, 5.41) is 6.40. The topological polar surface area (TPSA) is 80.3 Å². The number of hydrogen-bond donors (Lipinski definition) is 2. The average molecular weight is 335 g/mol. The Morgan fingerprint density at radius 2 is 1.80 bits per heavy atom. The molecule has 0 bridgehead atoms. The minimum Gasteiger partial charge on any atom is -0.497 e. The first-order valence-corrected chi connectivity index (χ1v) is 7.68. The first kappa shape index (κ1) is 16.4. The van der Waals surface area contributed by atoms with Crippen molar-refractivity contribution >= 4 is 34.1 Å². The van der Waals surface area contributed by atoms with Gasteiger partial charge in [0.25, 0.3) is 5.91 Å². The number of methoxy groups -OCH3 is 1. The van der Waals surface area contributed by atoms with E-state index in [-0.39, 0.29) is 11.8 Å². The third-order valence-electron chi connectivity index (χ3n) is 3.63. The van der Waals surface area contributed by atoms with Crippen molar-refractivity contribution in [1.29, 1.82) is 0 Å². The lowest BCUT2D eigenvalue weighted by Gasteiger charge is -2.11. The summed E-state index contributed by atoms with van der Waals surface area (Å²) >= 11 is 0. The van der Waals surface area contributed by atoms with Gasteiger partial charge in [-0.25, -0.2) is 0 Å². The molecule has 126 valence electrons. The van der Waals surface area contributed by atoms with Crippen molar-refractivity contribution in [2.75, 3.05) is 17.7 Å². The Labute approximate surface area is 144 Å². The number of pyridine rings is 1. The van der Waals surface area contributed by atoms with E-state index < -0.39 is 0 Å². The van der Waals surface area contributed by atoms with Crippen molar-refractivity contribution in [2.24, 2.45) is 0 Å². The molecule has 0 saturated carbocycles. The van der Waals surface area contributed by atoms with Crippen LogP contribution in [0.25, 0.3) is 10.9 Å². The number of ether oxygens (including phenoxy) is 1. The standard InChI is InChI=1S/C19H17N3O3/c1-12(23)21-15-7-5-13(6-8-15)19(24)22-17-11-16(25-2)10-14-4-3-9-20-18(14)17/h3-11H,1-2H3,(H,21,23)(H,22,24). The van der Waals surface area contributed by atoms with Crippen LogP contribution in [0.1, 0.15) is 17.3 Å². The molecule has 0 aliphatic rings. The number of amides is 2. The zero-order chi connectivity index (χ0) is 17.8. The predicted octanol–water partition coefficient (Wildman–Crippen LogP) is 3.45. The smallest absolute Gasteiger partial charge is 0.255 e. The summed E-state index contributed by atoms with van der Waals surface area (Å²) in [6, 6.07) is 14.0. The maximum Gasteiger partial charge on any atom is 0.255 e. The van der Waals surface area contributed by atoms with Crippen LogP contribution in [-0.2, 0) is 4.79 Å². The number of aromatic nitrogens is 1. The Balaban J connectivity index is 1.87. The fourth-order valence-corrected chi connectivity index (χ4v) is 2.48.